The molecule has 0 saturated heterocycles. The van der Waals surface area contributed by atoms with Crippen molar-refractivity contribution < 1.29 is 19.1 Å². The zero-order chi connectivity index (χ0) is 21.3. The van der Waals surface area contributed by atoms with E-state index in [2.05, 4.69) is 15.8 Å². The molecule has 0 bridgehead atoms. The molecule has 7 nitrogen and oxygen atoms in total. The van der Waals surface area contributed by atoms with Crippen LogP contribution in [-0.2, 0) is 9.59 Å². The zero-order valence-corrected chi connectivity index (χ0v) is 16.3. The number of ether oxygens (including phenoxy) is 1. The van der Waals surface area contributed by atoms with Crippen molar-refractivity contribution in [2.75, 3.05) is 5.32 Å². The number of hydrazone groups is 1. The number of anilines is 1. The largest absolute Gasteiger partial charge is 0.423 e. The maximum atomic E-state index is 12.1. The fourth-order valence-corrected chi connectivity index (χ4v) is 2.55. The number of benzene rings is 3. The molecule has 2 amide bonds. The highest BCUT2D eigenvalue weighted by Gasteiger charge is 2.13. The number of para-hydroxylation sites is 1. The summed E-state index contributed by atoms with van der Waals surface area (Å²) in [6.45, 7) is 0. The molecule has 3 rings (SSSR count). The fourth-order valence-electron chi connectivity index (χ4n) is 2.34. The van der Waals surface area contributed by atoms with E-state index in [1.54, 1.807) is 78.9 Å². The van der Waals surface area contributed by atoms with Crippen LogP contribution in [0.3, 0.4) is 0 Å². The Morgan fingerprint density at radius 2 is 1.50 bits per heavy atom. The number of halogens is 1. The van der Waals surface area contributed by atoms with Crippen molar-refractivity contribution >= 4 is 41.3 Å². The Labute approximate surface area is 177 Å². The van der Waals surface area contributed by atoms with E-state index < -0.39 is 17.8 Å². The zero-order valence-electron chi connectivity index (χ0n) is 15.5. The van der Waals surface area contributed by atoms with Crippen molar-refractivity contribution in [3.05, 3.63) is 95.0 Å². The third-order valence-corrected chi connectivity index (χ3v) is 4.13. The summed E-state index contributed by atoms with van der Waals surface area (Å²) in [5.41, 5.74) is 3.53. The summed E-state index contributed by atoms with van der Waals surface area (Å²) in [7, 11) is 0. The van der Waals surface area contributed by atoms with Crippen molar-refractivity contribution in [3.63, 3.8) is 0 Å². The van der Waals surface area contributed by atoms with Gasteiger partial charge in [-0.25, -0.2) is 10.2 Å². The average molecular weight is 422 g/mol. The number of esters is 1. The summed E-state index contributed by atoms with van der Waals surface area (Å²) < 4.78 is 5.28. The smallest absolute Gasteiger partial charge is 0.345 e. The molecule has 0 aliphatic heterocycles. The van der Waals surface area contributed by atoms with Crippen LogP contribution >= 0.6 is 11.6 Å². The molecule has 0 unspecified atom stereocenters. The molecule has 0 radical (unpaired) electrons. The molecule has 0 aliphatic rings. The SMILES string of the molecule is O=C(NN=Cc1ccc(OC(=O)c2ccccc2Cl)cc1)C(=O)Nc1ccccc1. The van der Waals surface area contributed by atoms with Crippen LogP contribution in [0.5, 0.6) is 5.75 Å². The first-order valence-electron chi connectivity index (χ1n) is 8.79. The number of hydrogen-bond donors (Lipinski definition) is 2. The van der Waals surface area contributed by atoms with Gasteiger partial charge in [0.1, 0.15) is 5.75 Å². The van der Waals surface area contributed by atoms with Crippen LogP contribution in [0.4, 0.5) is 5.69 Å². The first kappa shape index (κ1) is 20.8. The van der Waals surface area contributed by atoms with Crippen molar-refractivity contribution in [1.29, 1.82) is 0 Å². The average Bonchev–Trinajstić information content (AvgIpc) is 2.76. The normalized spacial score (nSPS) is 10.4. The van der Waals surface area contributed by atoms with Gasteiger partial charge >= 0.3 is 17.8 Å². The number of carbonyl (C=O) groups is 3. The minimum atomic E-state index is -0.902. The van der Waals surface area contributed by atoms with E-state index >= 15 is 0 Å². The van der Waals surface area contributed by atoms with Crippen molar-refractivity contribution in [2.24, 2.45) is 5.10 Å². The second kappa shape index (κ2) is 9.99. The highest BCUT2D eigenvalue weighted by Crippen LogP contribution is 2.18. The third kappa shape index (κ3) is 5.76. The summed E-state index contributed by atoms with van der Waals surface area (Å²) in [4.78, 5) is 35.7. The number of nitrogens with one attached hydrogen (secondary N) is 2. The van der Waals surface area contributed by atoms with Crippen LogP contribution < -0.4 is 15.5 Å². The van der Waals surface area contributed by atoms with Crippen molar-refractivity contribution in [1.82, 2.24) is 5.43 Å². The second-order valence-electron chi connectivity index (χ2n) is 5.96. The topological polar surface area (TPSA) is 96.9 Å². The van der Waals surface area contributed by atoms with Crippen LogP contribution in [0, 0.1) is 0 Å². The molecule has 0 spiro atoms. The van der Waals surface area contributed by atoms with E-state index in [0.29, 0.717) is 22.0 Å². The molecule has 3 aromatic carbocycles. The van der Waals surface area contributed by atoms with Crippen LogP contribution in [0.25, 0.3) is 0 Å². The molecular weight excluding hydrogens is 406 g/mol. The van der Waals surface area contributed by atoms with Crippen molar-refractivity contribution in [2.45, 2.75) is 0 Å². The molecule has 0 atom stereocenters. The number of nitrogens with zero attached hydrogens (tertiary/aromatic N) is 1. The molecular formula is C22H16ClN3O4. The molecule has 2 N–H and O–H groups in total. The summed E-state index contributed by atoms with van der Waals surface area (Å²) in [5.74, 6) is -1.98. The molecule has 0 aliphatic carbocycles. The van der Waals surface area contributed by atoms with Crippen molar-refractivity contribution in [3.8, 4) is 5.75 Å². The Balaban J connectivity index is 1.52. The highest BCUT2D eigenvalue weighted by atomic mass is 35.5. The van der Waals surface area contributed by atoms with Gasteiger partial charge in [0, 0.05) is 5.69 Å². The summed E-state index contributed by atoms with van der Waals surface area (Å²) >= 11 is 5.98. The minimum Gasteiger partial charge on any atom is -0.423 e. The van der Waals surface area contributed by atoms with Gasteiger partial charge in [-0.05, 0) is 54.1 Å². The Morgan fingerprint density at radius 3 is 2.20 bits per heavy atom. The molecule has 30 heavy (non-hydrogen) atoms. The number of rotatable bonds is 5. The van der Waals surface area contributed by atoms with Gasteiger partial charge in [0.2, 0.25) is 0 Å². The van der Waals surface area contributed by atoms with Gasteiger partial charge in [-0.15, -0.1) is 0 Å². The van der Waals surface area contributed by atoms with E-state index in [1.807, 2.05) is 0 Å². The number of carbonyl (C=O) groups excluding carboxylic acids is 3. The van der Waals surface area contributed by atoms with E-state index in [0.717, 1.165) is 0 Å². The Hall–Kier alpha value is -3.97. The van der Waals surface area contributed by atoms with Gasteiger partial charge in [-0.2, -0.15) is 5.10 Å². The predicted octanol–water partition coefficient (Wildman–Crippen LogP) is 3.65. The van der Waals surface area contributed by atoms with Gasteiger partial charge in [0.25, 0.3) is 0 Å². The Bertz CT molecular complexity index is 1080. The summed E-state index contributed by atoms with van der Waals surface area (Å²) in [5, 5.41) is 6.50. The second-order valence-corrected chi connectivity index (χ2v) is 6.36. The maximum Gasteiger partial charge on any atom is 0.345 e. The first-order valence-corrected chi connectivity index (χ1v) is 9.17. The highest BCUT2D eigenvalue weighted by molar-refractivity contribution is 6.39. The molecule has 0 fully saturated rings. The standard InChI is InChI=1S/C22H16ClN3O4/c23-19-9-5-4-8-18(19)22(29)30-17-12-10-15(11-13-17)14-24-26-21(28)20(27)25-16-6-2-1-3-7-16/h1-14H,(H,25,27)(H,26,28). The molecule has 0 aromatic heterocycles. The van der Waals surface area contributed by atoms with Gasteiger partial charge in [-0.1, -0.05) is 41.9 Å². The van der Waals surface area contributed by atoms with Crippen LogP contribution in [0.15, 0.2) is 84.0 Å². The van der Waals surface area contributed by atoms with E-state index in [-0.39, 0.29) is 5.56 Å². The van der Waals surface area contributed by atoms with Gasteiger partial charge < -0.3 is 10.1 Å². The first-order chi connectivity index (χ1) is 14.5. The minimum absolute atomic E-state index is 0.265. The summed E-state index contributed by atoms with van der Waals surface area (Å²) in [6, 6.07) is 21.6. The number of hydrogen-bond acceptors (Lipinski definition) is 5. The third-order valence-electron chi connectivity index (χ3n) is 3.80. The predicted molar refractivity (Wildman–Crippen MR) is 114 cm³/mol. The number of amides is 2. The molecule has 3 aromatic rings. The quantitative estimate of drug-likeness (QED) is 0.216. The molecule has 0 saturated carbocycles. The fraction of sp³-hybridized carbons (Fsp3) is 0. The van der Waals surface area contributed by atoms with Crippen LogP contribution in [0.2, 0.25) is 5.02 Å². The van der Waals surface area contributed by atoms with E-state index in [9.17, 15) is 14.4 Å². The molecule has 150 valence electrons. The molecule has 0 heterocycles. The monoisotopic (exact) mass is 421 g/mol. The lowest BCUT2D eigenvalue weighted by Crippen LogP contribution is -2.32. The summed E-state index contributed by atoms with van der Waals surface area (Å²) in [6.07, 6.45) is 1.35. The molecule has 8 heteroatoms. The Morgan fingerprint density at radius 1 is 0.833 bits per heavy atom. The van der Waals surface area contributed by atoms with Crippen LogP contribution in [-0.4, -0.2) is 24.0 Å². The van der Waals surface area contributed by atoms with E-state index in [4.69, 9.17) is 16.3 Å². The Kier molecular flexibility index (Phi) is 6.91. The van der Waals surface area contributed by atoms with Gasteiger partial charge in [-0.3, -0.25) is 9.59 Å². The lowest BCUT2D eigenvalue weighted by Gasteiger charge is -2.06. The van der Waals surface area contributed by atoms with E-state index in [1.165, 1.54) is 6.21 Å². The lowest BCUT2D eigenvalue weighted by atomic mass is 10.2. The van der Waals surface area contributed by atoms with Gasteiger partial charge in [0.05, 0.1) is 16.8 Å². The van der Waals surface area contributed by atoms with Crippen LogP contribution in [0.1, 0.15) is 15.9 Å². The maximum absolute atomic E-state index is 12.1. The van der Waals surface area contributed by atoms with Gasteiger partial charge in [0.15, 0.2) is 0 Å². The lowest BCUT2D eigenvalue weighted by molar-refractivity contribution is -0.136.